The number of hydrogen-bond donors (Lipinski definition) is 1. The first-order valence-electron chi connectivity index (χ1n) is 9.08. The first kappa shape index (κ1) is 21.0. The van der Waals surface area contributed by atoms with Crippen LogP contribution in [0, 0.1) is 0 Å². The van der Waals surface area contributed by atoms with Gasteiger partial charge in [0.25, 0.3) is 5.91 Å². The van der Waals surface area contributed by atoms with Gasteiger partial charge in [-0.2, -0.15) is 0 Å². The normalized spacial score (nSPS) is 10.9. The van der Waals surface area contributed by atoms with Crippen LogP contribution in [0.2, 0.25) is 0 Å². The first-order valence-corrected chi connectivity index (χ1v) is 10.3. The van der Waals surface area contributed by atoms with Crippen molar-refractivity contribution in [1.82, 2.24) is 0 Å². The molecule has 0 spiro atoms. The van der Waals surface area contributed by atoms with E-state index in [0.29, 0.717) is 5.56 Å². The van der Waals surface area contributed by atoms with Crippen molar-refractivity contribution in [2.75, 3.05) is 18.2 Å². The quantitative estimate of drug-likeness (QED) is 0.508. The molecule has 1 amide bonds. The number of nitrogens with one attached hydrogen (secondary N) is 1. The molecule has 4 nitrogen and oxygen atoms in total. The van der Waals surface area contributed by atoms with Crippen LogP contribution in [0.1, 0.15) is 61.0 Å². The molecule has 5 heteroatoms. The largest absolute Gasteiger partial charge is 0.452 e. The fourth-order valence-corrected chi connectivity index (χ4v) is 3.48. The Morgan fingerprint density at radius 3 is 2.11 bits per heavy atom. The van der Waals surface area contributed by atoms with Crippen LogP contribution in [0.15, 0.2) is 47.4 Å². The predicted octanol–water partition coefficient (Wildman–Crippen LogP) is 5.45. The number of thioether (sulfide) groups is 1. The van der Waals surface area contributed by atoms with E-state index in [4.69, 9.17) is 4.74 Å². The highest BCUT2D eigenvalue weighted by Crippen LogP contribution is 2.32. The molecule has 2 rings (SSSR count). The molecule has 0 unspecified atom stereocenters. The molecule has 2 aromatic carbocycles. The number of amides is 1. The highest BCUT2D eigenvalue weighted by atomic mass is 32.2. The van der Waals surface area contributed by atoms with Crippen molar-refractivity contribution < 1.29 is 14.3 Å². The third-order valence-electron chi connectivity index (χ3n) is 4.30. The summed E-state index contributed by atoms with van der Waals surface area (Å²) in [5.41, 5.74) is 3.46. The van der Waals surface area contributed by atoms with Crippen LogP contribution in [-0.2, 0) is 9.53 Å². The summed E-state index contributed by atoms with van der Waals surface area (Å²) in [4.78, 5) is 25.6. The van der Waals surface area contributed by atoms with Gasteiger partial charge in [-0.25, -0.2) is 4.79 Å². The van der Waals surface area contributed by atoms with Gasteiger partial charge >= 0.3 is 5.97 Å². The maximum absolute atomic E-state index is 12.5. The van der Waals surface area contributed by atoms with Crippen LogP contribution in [0.4, 0.5) is 5.69 Å². The van der Waals surface area contributed by atoms with Gasteiger partial charge in [-0.05, 0) is 41.4 Å². The highest BCUT2D eigenvalue weighted by molar-refractivity contribution is 7.98. The molecule has 2 aromatic rings. The van der Waals surface area contributed by atoms with Crippen LogP contribution in [0.3, 0.4) is 0 Å². The highest BCUT2D eigenvalue weighted by Gasteiger charge is 2.18. The Morgan fingerprint density at radius 2 is 1.56 bits per heavy atom. The van der Waals surface area contributed by atoms with Crippen LogP contribution < -0.4 is 5.32 Å². The zero-order valence-electron chi connectivity index (χ0n) is 16.5. The molecule has 27 heavy (non-hydrogen) atoms. The van der Waals surface area contributed by atoms with E-state index in [-0.39, 0.29) is 24.3 Å². The van der Waals surface area contributed by atoms with E-state index in [1.54, 1.807) is 12.1 Å². The number of carbonyl (C=O) groups is 2. The molecule has 0 atom stereocenters. The molecular formula is C22H27NO3S. The molecule has 0 aliphatic heterocycles. The van der Waals surface area contributed by atoms with Crippen LogP contribution >= 0.6 is 11.8 Å². The number of esters is 1. The lowest BCUT2D eigenvalue weighted by molar-refractivity contribution is -0.119. The predicted molar refractivity (Wildman–Crippen MR) is 112 cm³/mol. The van der Waals surface area contributed by atoms with E-state index in [1.807, 2.05) is 36.6 Å². The van der Waals surface area contributed by atoms with Gasteiger partial charge < -0.3 is 10.1 Å². The third kappa shape index (κ3) is 5.36. The number of carbonyl (C=O) groups excluding carboxylic acids is 2. The van der Waals surface area contributed by atoms with Gasteiger partial charge in [0.2, 0.25) is 0 Å². The third-order valence-corrected chi connectivity index (χ3v) is 5.09. The van der Waals surface area contributed by atoms with Crippen molar-refractivity contribution in [3.63, 3.8) is 0 Å². The Balaban J connectivity index is 2.11. The number of hydrogen-bond acceptors (Lipinski definition) is 4. The molecule has 0 aliphatic carbocycles. The topological polar surface area (TPSA) is 55.4 Å². The van der Waals surface area contributed by atoms with E-state index < -0.39 is 5.97 Å². The van der Waals surface area contributed by atoms with Crippen molar-refractivity contribution in [1.29, 1.82) is 0 Å². The minimum Gasteiger partial charge on any atom is -0.452 e. The summed E-state index contributed by atoms with van der Waals surface area (Å²) in [5.74, 6) is -0.277. The summed E-state index contributed by atoms with van der Waals surface area (Å²) in [6, 6.07) is 13.3. The molecule has 0 heterocycles. The average Bonchev–Trinajstić information content (AvgIpc) is 2.65. The van der Waals surface area contributed by atoms with Crippen molar-refractivity contribution in [3.05, 3.63) is 59.2 Å². The Bertz CT molecular complexity index is 789. The second-order valence-electron chi connectivity index (χ2n) is 6.95. The molecule has 0 bridgehead atoms. The minimum absolute atomic E-state index is 0.273. The molecular weight excluding hydrogens is 358 g/mol. The second kappa shape index (κ2) is 9.60. The maximum Gasteiger partial charge on any atom is 0.339 e. The summed E-state index contributed by atoms with van der Waals surface area (Å²) in [6.45, 7) is 8.05. The summed E-state index contributed by atoms with van der Waals surface area (Å²) in [6.07, 6.45) is 1.90. The van der Waals surface area contributed by atoms with Crippen molar-refractivity contribution in [2.45, 2.75) is 44.4 Å². The van der Waals surface area contributed by atoms with Gasteiger partial charge in [0.15, 0.2) is 6.61 Å². The molecule has 0 saturated carbocycles. The molecule has 0 radical (unpaired) electrons. The summed E-state index contributed by atoms with van der Waals surface area (Å²) in [5, 5.41) is 2.96. The summed E-state index contributed by atoms with van der Waals surface area (Å²) < 4.78 is 5.24. The van der Waals surface area contributed by atoms with Crippen LogP contribution in [-0.4, -0.2) is 24.7 Å². The SMILES string of the molecule is CSc1ccccc1C(=O)OCC(=O)Nc1c(C(C)C)cccc1C(C)C. The Labute approximate surface area is 165 Å². The van der Waals surface area contributed by atoms with E-state index >= 15 is 0 Å². The fraction of sp³-hybridized carbons (Fsp3) is 0.364. The van der Waals surface area contributed by atoms with Gasteiger partial charge in [0.05, 0.1) is 5.56 Å². The van der Waals surface area contributed by atoms with E-state index in [9.17, 15) is 9.59 Å². The van der Waals surface area contributed by atoms with Crippen LogP contribution in [0.25, 0.3) is 0 Å². The van der Waals surface area contributed by atoms with Gasteiger partial charge in [-0.1, -0.05) is 58.0 Å². The van der Waals surface area contributed by atoms with E-state index in [2.05, 4.69) is 33.0 Å². The Kier molecular flexibility index (Phi) is 7.48. The summed E-state index contributed by atoms with van der Waals surface area (Å²) in [7, 11) is 0. The lowest BCUT2D eigenvalue weighted by Crippen LogP contribution is -2.23. The first-order chi connectivity index (χ1) is 12.8. The number of benzene rings is 2. The van der Waals surface area contributed by atoms with Gasteiger partial charge in [-0.15, -0.1) is 11.8 Å². The van der Waals surface area contributed by atoms with Crippen LogP contribution in [0.5, 0.6) is 0 Å². The molecule has 144 valence electrons. The van der Waals surface area contributed by atoms with E-state index in [0.717, 1.165) is 21.7 Å². The zero-order chi connectivity index (χ0) is 20.0. The lowest BCUT2D eigenvalue weighted by Gasteiger charge is -2.20. The van der Waals surface area contributed by atoms with Gasteiger partial charge in [0, 0.05) is 10.6 Å². The van der Waals surface area contributed by atoms with Crippen molar-refractivity contribution in [2.24, 2.45) is 0 Å². The zero-order valence-corrected chi connectivity index (χ0v) is 17.4. The maximum atomic E-state index is 12.5. The smallest absolute Gasteiger partial charge is 0.339 e. The number of ether oxygens (including phenoxy) is 1. The fourth-order valence-electron chi connectivity index (χ4n) is 2.89. The monoisotopic (exact) mass is 385 g/mol. The number of anilines is 1. The molecule has 0 aliphatic rings. The van der Waals surface area contributed by atoms with Gasteiger partial charge in [0.1, 0.15) is 0 Å². The number of rotatable bonds is 7. The molecule has 0 saturated heterocycles. The molecule has 1 N–H and O–H groups in total. The molecule has 0 fully saturated rings. The van der Waals surface area contributed by atoms with Crippen molar-refractivity contribution >= 4 is 29.3 Å². The van der Waals surface area contributed by atoms with Gasteiger partial charge in [-0.3, -0.25) is 4.79 Å². The Morgan fingerprint density at radius 1 is 0.963 bits per heavy atom. The lowest BCUT2D eigenvalue weighted by atomic mass is 9.92. The second-order valence-corrected chi connectivity index (χ2v) is 7.79. The number of para-hydroxylation sites is 1. The standard InChI is InChI=1S/C22H27NO3S/c1-14(2)16-10-8-11-17(15(3)4)21(16)23-20(24)13-26-22(25)18-9-6-7-12-19(18)27-5/h6-12,14-15H,13H2,1-5H3,(H,23,24). The average molecular weight is 386 g/mol. The minimum atomic E-state index is -0.490. The summed E-state index contributed by atoms with van der Waals surface area (Å²) >= 11 is 1.47. The van der Waals surface area contributed by atoms with Crippen molar-refractivity contribution in [3.8, 4) is 0 Å². The van der Waals surface area contributed by atoms with E-state index in [1.165, 1.54) is 11.8 Å². The Hall–Kier alpha value is -2.27. The molecule has 0 aromatic heterocycles.